The molecule has 2 aliphatic rings. The first-order chi connectivity index (χ1) is 17.4. The summed E-state index contributed by atoms with van der Waals surface area (Å²) in [6.45, 7) is 3.92. The van der Waals surface area contributed by atoms with Gasteiger partial charge in [0, 0.05) is 29.2 Å². The van der Waals surface area contributed by atoms with Crippen LogP contribution in [0.4, 0.5) is 0 Å². The summed E-state index contributed by atoms with van der Waals surface area (Å²) in [6, 6.07) is 13.9. The number of carbonyl (C=O) groups excluding carboxylic acids is 3. The third kappa shape index (κ3) is 3.40. The molecule has 0 amide bonds. The molecule has 184 valence electrons. The Balaban J connectivity index is 1.77. The SMILES string of the molecule is CCOC(=O)C1=CC(C(=O)c2ccccc2O)=CN2CCc3c([nH]c4ccccc34)C12C(=O)OCC. The van der Waals surface area contributed by atoms with Crippen LogP contribution in [-0.4, -0.2) is 52.5 Å². The van der Waals surface area contributed by atoms with Crippen LogP contribution in [0.1, 0.15) is 35.5 Å². The van der Waals surface area contributed by atoms with Crippen molar-refractivity contribution in [1.29, 1.82) is 0 Å². The summed E-state index contributed by atoms with van der Waals surface area (Å²) in [6.07, 6.45) is 3.54. The molecule has 3 heterocycles. The van der Waals surface area contributed by atoms with Gasteiger partial charge in [-0.2, -0.15) is 0 Å². The first-order valence-electron chi connectivity index (χ1n) is 11.9. The molecule has 1 unspecified atom stereocenters. The van der Waals surface area contributed by atoms with E-state index in [0.29, 0.717) is 18.7 Å². The molecule has 0 fully saturated rings. The number of aromatic amines is 1. The van der Waals surface area contributed by atoms with Crippen molar-refractivity contribution >= 4 is 28.6 Å². The predicted molar refractivity (Wildman–Crippen MR) is 132 cm³/mol. The lowest BCUT2D eigenvalue weighted by Gasteiger charge is -2.46. The average Bonchev–Trinajstić information content (AvgIpc) is 3.27. The Bertz CT molecular complexity index is 1450. The molecule has 0 spiro atoms. The zero-order chi connectivity index (χ0) is 25.4. The predicted octanol–water partition coefficient (Wildman–Crippen LogP) is 3.76. The number of carbonyl (C=O) groups is 3. The largest absolute Gasteiger partial charge is 0.507 e. The monoisotopic (exact) mass is 486 g/mol. The summed E-state index contributed by atoms with van der Waals surface area (Å²) >= 11 is 0. The van der Waals surface area contributed by atoms with Gasteiger partial charge in [0.15, 0.2) is 5.78 Å². The molecule has 8 heteroatoms. The average molecular weight is 487 g/mol. The maximum Gasteiger partial charge on any atom is 0.343 e. The first kappa shape index (κ1) is 23.4. The minimum absolute atomic E-state index is 0.0171. The van der Waals surface area contributed by atoms with Crippen LogP contribution in [0.25, 0.3) is 10.9 Å². The number of H-pyrrole nitrogens is 1. The number of hydrogen-bond acceptors (Lipinski definition) is 7. The highest BCUT2D eigenvalue weighted by Crippen LogP contribution is 2.48. The standard InChI is InChI=1S/C28H26N2O6/c1-3-35-26(33)21-15-17(24(32)20-10-6-8-12-23(20)31)16-30-14-13-19-18-9-5-7-11-22(18)29-25(19)28(21,30)27(34)36-4-2/h5-12,15-16,29,31H,3-4,13-14H2,1-2H3. The lowest BCUT2D eigenvalue weighted by atomic mass is 9.75. The van der Waals surface area contributed by atoms with E-state index >= 15 is 0 Å². The second-order valence-electron chi connectivity index (χ2n) is 8.61. The number of nitrogens with zero attached hydrogens (tertiary/aromatic N) is 1. The van der Waals surface area contributed by atoms with E-state index in [0.717, 1.165) is 16.5 Å². The van der Waals surface area contributed by atoms with E-state index < -0.39 is 23.3 Å². The molecule has 3 aromatic rings. The minimum atomic E-state index is -1.66. The quantitative estimate of drug-likeness (QED) is 0.403. The Hall–Kier alpha value is -4.33. The van der Waals surface area contributed by atoms with Gasteiger partial charge in [-0.1, -0.05) is 30.3 Å². The number of allylic oxidation sites excluding steroid dienone is 2. The number of hydrogen-bond donors (Lipinski definition) is 2. The second kappa shape index (κ2) is 9.03. The van der Waals surface area contributed by atoms with Crippen molar-refractivity contribution in [2.24, 2.45) is 0 Å². The fraction of sp³-hybridized carbons (Fsp3) is 0.250. The van der Waals surface area contributed by atoms with Crippen LogP contribution in [0.2, 0.25) is 0 Å². The van der Waals surface area contributed by atoms with E-state index in [4.69, 9.17) is 9.47 Å². The molecule has 8 nitrogen and oxygen atoms in total. The van der Waals surface area contributed by atoms with Gasteiger partial charge in [0.1, 0.15) is 5.75 Å². The topological polar surface area (TPSA) is 109 Å². The Labute approximate surface area is 207 Å². The van der Waals surface area contributed by atoms with E-state index in [1.54, 1.807) is 37.1 Å². The van der Waals surface area contributed by atoms with Crippen molar-refractivity contribution < 1.29 is 29.0 Å². The van der Waals surface area contributed by atoms with Crippen molar-refractivity contribution in [3.63, 3.8) is 0 Å². The molecule has 2 aromatic carbocycles. The third-order valence-electron chi connectivity index (χ3n) is 6.67. The number of ether oxygens (including phenoxy) is 2. The van der Waals surface area contributed by atoms with Crippen LogP contribution in [0.5, 0.6) is 5.75 Å². The van der Waals surface area contributed by atoms with Gasteiger partial charge >= 0.3 is 11.9 Å². The van der Waals surface area contributed by atoms with Crippen LogP contribution in [0.15, 0.2) is 72.0 Å². The Kier molecular flexibility index (Phi) is 5.88. The number of aromatic hydroxyl groups is 1. The van der Waals surface area contributed by atoms with Gasteiger partial charge in [0.2, 0.25) is 5.54 Å². The number of rotatable bonds is 6. The summed E-state index contributed by atoms with van der Waals surface area (Å²) in [5.74, 6) is -2.01. The van der Waals surface area contributed by atoms with E-state index in [9.17, 15) is 19.5 Å². The highest BCUT2D eigenvalue weighted by atomic mass is 16.5. The molecule has 1 atom stereocenters. The number of ketones is 1. The summed E-state index contributed by atoms with van der Waals surface area (Å²) in [5, 5.41) is 11.2. The molecule has 5 rings (SSSR count). The molecule has 0 radical (unpaired) electrons. The molecular formula is C28H26N2O6. The fourth-order valence-electron chi connectivity index (χ4n) is 5.15. The van der Waals surface area contributed by atoms with Crippen molar-refractivity contribution in [2.75, 3.05) is 19.8 Å². The number of para-hydroxylation sites is 2. The highest BCUT2D eigenvalue weighted by Gasteiger charge is 2.58. The van der Waals surface area contributed by atoms with Crippen LogP contribution < -0.4 is 0 Å². The maximum atomic E-state index is 13.8. The number of Topliss-reactive ketones (excluding diaryl/α,β-unsaturated/α-hetero) is 1. The highest BCUT2D eigenvalue weighted by molar-refractivity contribution is 6.14. The maximum absolute atomic E-state index is 13.8. The minimum Gasteiger partial charge on any atom is -0.507 e. The van der Waals surface area contributed by atoms with E-state index in [-0.39, 0.29) is 35.7 Å². The molecule has 2 N–H and O–H groups in total. The number of aromatic nitrogens is 1. The van der Waals surface area contributed by atoms with Gasteiger partial charge < -0.3 is 24.5 Å². The molecule has 0 bridgehead atoms. The van der Waals surface area contributed by atoms with Crippen LogP contribution in [0, 0.1) is 0 Å². The summed E-state index contributed by atoms with van der Waals surface area (Å²) in [5.41, 5.74) is 0.839. The molecule has 0 saturated heterocycles. The number of esters is 2. The van der Waals surface area contributed by atoms with Crippen molar-refractivity contribution in [3.8, 4) is 5.75 Å². The van der Waals surface area contributed by atoms with Crippen LogP contribution in [0.3, 0.4) is 0 Å². The lowest BCUT2D eigenvalue weighted by molar-refractivity contribution is -0.159. The summed E-state index contributed by atoms with van der Waals surface area (Å²) in [4.78, 5) is 45.7. The van der Waals surface area contributed by atoms with Crippen LogP contribution >= 0.6 is 0 Å². The summed E-state index contributed by atoms with van der Waals surface area (Å²) < 4.78 is 10.9. The normalized spacial score (nSPS) is 18.6. The molecule has 1 aromatic heterocycles. The van der Waals surface area contributed by atoms with Crippen LogP contribution in [-0.2, 0) is 31.0 Å². The Morgan fingerprint density at radius 2 is 1.75 bits per heavy atom. The third-order valence-corrected chi connectivity index (χ3v) is 6.67. The van der Waals surface area contributed by atoms with Crippen molar-refractivity contribution in [2.45, 2.75) is 25.8 Å². The van der Waals surface area contributed by atoms with Gasteiger partial charge in [-0.25, -0.2) is 9.59 Å². The zero-order valence-corrected chi connectivity index (χ0v) is 20.0. The first-order valence-corrected chi connectivity index (χ1v) is 11.9. The van der Waals surface area contributed by atoms with Crippen molar-refractivity contribution in [3.05, 3.63) is 88.8 Å². The second-order valence-corrected chi connectivity index (χ2v) is 8.61. The number of fused-ring (bicyclic) bond motifs is 5. The van der Waals surface area contributed by atoms with Gasteiger partial charge in [0.05, 0.1) is 30.0 Å². The van der Waals surface area contributed by atoms with Gasteiger partial charge in [-0.15, -0.1) is 0 Å². The van der Waals surface area contributed by atoms with Gasteiger partial charge in [-0.05, 0) is 50.1 Å². The fourth-order valence-corrected chi connectivity index (χ4v) is 5.15. The van der Waals surface area contributed by atoms with Gasteiger partial charge in [0.25, 0.3) is 0 Å². The number of phenolic OH excluding ortho intramolecular Hbond substituents is 1. The van der Waals surface area contributed by atoms with E-state index in [1.807, 2.05) is 24.3 Å². The summed E-state index contributed by atoms with van der Waals surface area (Å²) in [7, 11) is 0. The molecule has 2 aliphatic heterocycles. The molecule has 36 heavy (non-hydrogen) atoms. The smallest absolute Gasteiger partial charge is 0.343 e. The molecule has 0 saturated carbocycles. The lowest BCUT2D eigenvalue weighted by Crippen LogP contribution is -2.58. The number of nitrogens with one attached hydrogen (secondary N) is 1. The van der Waals surface area contributed by atoms with E-state index in [2.05, 4.69) is 4.98 Å². The number of benzene rings is 2. The number of phenols is 1. The molecule has 0 aliphatic carbocycles. The van der Waals surface area contributed by atoms with Gasteiger partial charge in [-0.3, -0.25) is 4.79 Å². The Morgan fingerprint density at radius 3 is 2.50 bits per heavy atom. The van der Waals surface area contributed by atoms with E-state index in [1.165, 1.54) is 18.2 Å². The zero-order valence-electron chi connectivity index (χ0n) is 20.0. The molecular weight excluding hydrogens is 460 g/mol. The Morgan fingerprint density at radius 1 is 1.03 bits per heavy atom. The van der Waals surface area contributed by atoms with Crippen molar-refractivity contribution in [1.82, 2.24) is 9.88 Å².